The van der Waals surface area contributed by atoms with Crippen molar-refractivity contribution in [1.82, 2.24) is 9.80 Å². The summed E-state index contributed by atoms with van der Waals surface area (Å²) >= 11 is 0. The molecule has 6 nitrogen and oxygen atoms in total. The second kappa shape index (κ2) is 9.65. The van der Waals surface area contributed by atoms with Gasteiger partial charge in [-0.3, -0.25) is 4.90 Å². The Morgan fingerprint density at radius 2 is 1.93 bits per heavy atom. The van der Waals surface area contributed by atoms with Crippen molar-refractivity contribution >= 4 is 11.7 Å². The van der Waals surface area contributed by atoms with E-state index in [9.17, 15) is 4.79 Å². The molecule has 27 heavy (non-hydrogen) atoms. The summed E-state index contributed by atoms with van der Waals surface area (Å²) in [6.07, 6.45) is 8.81. The van der Waals surface area contributed by atoms with Crippen LogP contribution >= 0.6 is 0 Å². The van der Waals surface area contributed by atoms with Gasteiger partial charge in [0.25, 0.3) is 0 Å². The topological polar surface area (TPSA) is 54.0 Å². The predicted octanol–water partition coefficient (Wildman–Crippen LogP) is 3.74. The number of anilines is 1. The summed E-state index contributed by atoms with van der Waals surface area (Å²) in [4.78, 5) is 16.9. The maximum absolute atomic E-state index is 12.6. The third-order valence-corrected chi connectivity index (χ3v) is 5.44. The van der Waals surface area contributed by atoms with E-state index in [2.05, 4.69) is 16.3 Å². The quantitative estimate of drug-likeness (QED) is 0.772. The van der Waals surface area contributed by atoms with E-state index >= 15 is 0 Å². The van der Waals surface area contributed by atoms with E-state index in [0.29, 0.717) is 17.2 Å². The molecule has 1 saturated heterocycles. The molecular weight excluding hydrogens is 342 g/mol. The van der Waals surface area contributed by atoms with Crippen LogP contribution < -0.4 is 14.8 Å². The summed E-state index contributed by atoms with van der Waals surface area (Å²) in [6, 6.07) is 5.32. The number of benzene rings is 1. The second-order valence-corrected chi connectivity index (χ2v) is 7.18. The smallest absolute Gasteiger partial charge is 0.322 e. The van der Waals surface area contributed by atoms with Gasteiger partial charge in [0.2, 0.25) is 0 Å². The fraction of sp³-hybridized carbons (Fsp3) is 0.571. The van der Waals surface area contributed by atoms with Crippen LogP contribution in [0.2, 0.25) is 0 Å². The van der Waals surface area contributed by atoms with Gasteiger partial charge in [-0.15, -0.1) is 0 Å². The lowest BCUT2D eigenvalue weighted by molar-refractivity contribution is 0.148. The number of methoxy groups -OCH3 is 2. The number of carbonyl (C=O) groups is 1. The van der Waals surface area contributed by atoms with Gasteiger partial charge in [-0.2, -0.15) is 0 Å². The van der Waals surface area contributed by atoms with Crippen LogP contribution in [-0.2, 0) is 0 Å². The van der Waals surface area contributed by atoms with Crippen molar-refractivity contribution in [2.45, 2.75) is 32.1 Å². The van der Waals surface area contributed by atoms with Gasteiger partial charge in [-0.05, 0) is 44.2 Å². The van der Waals surface area contributed by atoms with Crippen molar-refractivity contribution in [1.29, 1.82) is 0 Å². The molecule has 2 amide bonds. The van der Waals surface area contributed by atoms with E-state index in [1.807, 2.05) is 17.0 Å². The number of amides is 2. The first-order chi connectivity index (χ1) is 13.2. The molecule has 0 atom stereocenters. The van der Waals surface area contributed by atoms with E-state index in [0.717, 1.165) is 32.7 Å². The third-order valence-electron chi connectivity index (χ3n) is 5.44. The zero-order valence-corrected chi connectivity index (χ0v) is 16.5. The predicted molar refractivity (Wildman–Crippen MR) is 108 cm³/mol. The van der Waals surface area contributed by atoms with Crippen LogP contribution in [-0.4, -0.2) is 62.8 Å². The number of allylic oxidation sites excluding steroid dienone is 1. The molecule has 0 bridgehead atoms. The van der Waals surface area contributed by atoms with Crippen LogP contribution in [0, 0.1) is 0 Å². The van der Waals surface area contributed by atoms with Crippen molar-refractivity contribution < 1.29 is 14.3 Å². The number of ether oxygens (including phenoxy) is 2. The number of rotatable bonds is 6. The zero-order valence-electron chi connectivity index (χ0n) is 16.5. The lowest BCUT2D eigenvalue weighted by atomic mass is 9.97. The van der Waals surface area contributed by atoms with E-state index < -0.39 is 0 Å². The Kier molecular flexibility index (Phi) is 6.98. The van der Waals surface area contributed by atoms with Crippen LogP contribution in [0.15, 0.2) is 29.8 Å². The molecule has 0 radical (unpaired) electrons. The van der Waals surface area contributed by atoms with Gasteiger partial charge >= 0.3 is 6.03 Å². The molecule has 0 saturated carbocycles. The summed E-state index contributed by atoms with van der Waals surface area (Å²) in [5.41, 5.74) is 2.28. The van der Waals surface area contributed by atoms with Gasteiger partial charge in [-0.25, -0.2) is 4.79 Å². The van der Waals surface area contributed by atoms with Crippen LogP contribution in [0.4, 0.5) is 10.5 Å². The van der Waals surface area contributed by atoms with Crippen molar-refractivity contribution in [2.75, 3.05) is 52.3 Å². The minimum atomic E-state index is -0.0758. The van der Waals surface area contributed by atoms with Gasteiger partial charge < -0.3 is 19.7 Å². The molecule has 2 aliphatic rings. The highest BCUT2D eigenvalue weighted by atomic mass is 16.5. The summed E-state index contributed by atoms with van der Waals surface area (Å²) < 4.78 is 10.6. The first-order valence-electron chi connectivity index (χ1n) is 9.88. The molecule has 1 fully saturated rings. The molecule has 0 unspecified atom stereocenters. The van der Waals surface area contributed by atoms with Crippen molar-refractivity contribution in [2.24, 2.45) is 0 Å². The van der Waals surface area contributed by atoms with Gasteiger partial charge in [0, 0.05) is 38.8 Å². The summed E-state index contributed by atoms with van der Waals surface area (Å²) in [5, 5.41) is 2.96. The first kappa shape index (κ1) is 19.5. The average Bonchev–Trinajstić information content (AvgIpc) is 2.73. The number of nitrogens with zero attached hydrogens (tertiary/aromatic N) is 2. The summed E-state index contributed by atoms with van der Waals surface area (Å²) in [5.74, 6) is 1.30. The Labute approximate surface area is 162 Å². The monoisotopic (exact) mass is 373 g/mol. The third kappa shape index (κ3) is 5.39. The first-order valence-corrected chi connectivity index (χ1v) is 9.88. The molecule has 0 spiro atoms. The van der Waals surface area contributed by atoms with Crippen molar-refractivity contribution in [3.05, 3.63) is 29.8 Å². The Morgan fingerprint density at radius 3 is 2.59 bits per heavy atom. The van der Waals surface area contributed by atoms with E-state index in [-0.39, 0.29) is 6.03 Å². The van der Waals surface area contributed by atoms with Crippen molar-refractivity contribution in [3.8, 4) is 11.5 Å². The molecule has 0 aromatic heterocycles. The van der Waals surface area contributed by atoms with Crippen LogP contribution in [0.5, 0.6) is 11.5 Å². The highest BCUT2D eigenvalue weighted by Crippen LogP contribution is 2.29. The zero-order chi connectivity index (χ0) is 19.1. The van der Waals surface area contributed by atoms with Crippen LogP contribution in [0.25, 0.3) is 0 Å². The van der Waals surface area contributed by atoms with E-state index in [1.165, 1.54) is 32.1 Å². The highest BCUT2D eigenvalue weighted by Gasteiger charge is 2.22. The number of urea groups is 1. The van der Waals surface area contributed by atoms with Gasteiger partial charge in [0.05, 0.1) is 19.9 Å². The molecule has 1 aromatic carbocycles. The minimum Gasteiger partial charge on any atom is -0.497 e. The molecule has 6 heteroatoms. The maximum atomic E-state index is 12.6. The number of nitrogens with one attached hydrogen (secondary N) is 1. The molecule has 1 aromatic rings. The van der Waals surface area contributed by atoms with Gasteiger partial charge in [0.1, 0.15) is 11.5 Å². The Balaban J connectivity index is 1.46. The van der Waals surface area contributed by atoms with Crippen LogP contribution in [0.1, 0.15) is 32.1 Å². The molecule has 1 aliphatic carbocycles. The molecular formula is C21H31N3O3. The van der Waals surface area contributed by atoms with E-state index in [4.69, 9.17) is 9.47 Å². The number of hydrogen-bond donors (Lipinski definition) is 1. The minimum absolute atomic E-state index is 0.0758. The Bertz CT molecular complexity index is 667. The lowest BCUT2D eigenvalue weighted by Crippen LogP contribution is -2.50. The number of carbonyl (C=O) groups excluding carboxylic acids is 1. The van der Waals surface area contributed by atoms with Gasteiger partial charge in [0.15, 0.2) is 0 Å². The van der Waals surface area contributed by atoms with E-state index in [1.54, 1.807) is 25.9 Å². The molecule has 148 valence electrons. The van der Waals surface area contributed by atoms with Crippen molar-refractivity contribution in [3.63, 3.8) is 0 Å². The fourth-order valence-electron chi connectivity index (χ4n) is 3.70. The number of piperazine rings is 1. The molecule has 1 N–H and O–H groups in total. The molecule has 3 rings (SSSR count). The average molecular weight is 373 g/mol. The van der Waals surface area contributed by atoms with Gasteiger partial charge in [-0.1, -0.05) is 11.6 Å². The second-order valence-electron chi connectivity index (χ2n) is 7.18. The molecule has 1 heterocycles. The summed E-state index contributed by atoms with van der Waals surface area (Å²) in [7, 11) is 3.20. The molecule has 1 aliphatic heterocycles. The maximum Gasteiger partial charge on any atom is 0.322 e. The lowest BCUT2D eigenvalue weighted by Gasteiger charge is -2.35. The normalized spacial score (nSPS) is 18.0. The SMILES string of the molecule is COc1ccc(NC(=O)N2CCN(CCC3=CCCCC3)CC2)c(OC)c1. The fourth-order valence-corrected chi connectivity index (χ4v) is 3.70. The largest absolute Gasteiger partial charge is 0.497 e. The number of hydrogen-bond acceptors (Lipinski definition) is 4. The summed E-state index contributed by atoms with van der Waals surface area (Å²) in [6.45, 7) is 4.47. The Hall–Kier alpha value is -2.21. The van der Waals surface area contributed by atoms with Crippen LogP contribution in [0.3, 0.4) is 0 Å². The Morgan fingerprint density at radius 1 is 1.11 bits per heavy atom. The highest BCUT2D eigenvalue weighted by molar-refractivity contribution is 5.91. The standard InChI is InChI=1S/C21H31N3O3/c1-26-18-8-9-19(20(16-18)27-2)22-21(25)24-14-12-23(13-15-24)11-10-17-6-4-3-5-7-17/h6,8-9,16H,3-5,7,10-15H2,1-2H3,(H,22,25).